The Labute approximate surface area is 100 Å². The third-order valence-electron chi connectivity index (χ3n) is 2.39. The lowest BCUT2D eigenvalue weighted by Crippen LogP contribution is -2.29. The minimum atomic E-state index is -4.53. The van der Waals surface area contributed by atoms with Gasteiger partial charge >= 0.3 is 6.18 Å². The van der Waals surface area contributed by atoms with Crippen LogP contribution in [0.3, 0.4) is 0 Å². The van der Waals surface area contributed by atoms with E-state index in [4.69, 9.17) is 0 Å². The van der Waals surface area contributed by atoms with Gasteiger partial charge in [0.15, 0.2) is 0 Å². The third-order valence-corrected chi connectivity index (χ3v) is 3.27. The quantitative estimate of drug-likeness (QED) is 0.916. The fourth-order valence-electron chi connectivity index (χ4n) is 0.815. The molecule has 0 unspecified atom stereocenters. The molecule has 0 aliphatic carbocycles. The molecule has 1 heterocycles. The number of amides is 1. The highest BCUT2D eigenvalue weighted by Crippen LogP contribution is 2.33. The number of rotatable bonds is 3. The molecule has 0 saturated heterocycles. The first kappa shape index (κ1) is 13.9. The molecule has 1 N–H and O–H groups in total. The second-order valence-electron chi connectivity index (χ2n) is 4.10. The van der Waals surface area contributed by atoms with E-state index >= 15 is 0 Å². The number of alkyl halides is 3. The average Bonchev–Trinajstić information content (AvgIpc) is 2.65. The largest absolute Gasteiger partial charge is 0.445 e. The molecule has 0 aromatic carbocycles. The average molecular weight is 267 g/mol. The van der Waals surface area contributed by atoms with E-state index in [0.717, 1.165) is 0 Å². The lowest BCUT2D eigenvalue weighted by molar-refractivity contribution is -0.138. The van der Waals surface area contributed by atoms with Crippen LogP contribution in [0.25, 0.3) is 0 Å². The van der Waals surface area contributed by atoms with Crippen LogP contribution in [0.2, 0.25) is 0 Å². The van der Waals surface area contributed by atoms with Crippen molar-refractivity contribution in [2.24, 2.45) is 5.41 Å². The molecule has 96 valence electrons. The predicted octanol–water partition coefficient (Wildman–Crippen LogP) is 2.93. The van der Waals surface area contributed by atoms with E-state index in [1.54, 1.807) is 13.8 Å². The van der Waals surface area contributed by atoms with Crippen LogP contribution in [-0.4, -0.2) is 16.1 Å². The number of nitrogens with zero attached hydrogens (tertiary/aromatic N) is 2. The van der Waals surface area contributed by atoms with E-state index in [-0.39, 0.29) is 11.0 Å². The number of carbonyl (C=O) groups is 1. The van der Waals surface area contributed by atoms with Crippen LogP contribution in [0.5, 0.6) is 0 Å². The number of anilines is 1. The summed E-state index contributed by atoms with van der Waals surface area (Å²) in [6, 6.07) is 0. The maximum Gasteiger partial charge on any atom is 0.445 e. The molecule has 0 aliphatic rings. The van der Waals surface area contributed by atoms with Crippen LogP contribution in [0.15, 0.2) is 0 Å². The molecule has 1 aromatic rings. The zero-order valence-electron chi connectivity index (χ0n) is 9.55. The van der Waals surface area contributed by atoms with Gasteiger partial charge in [-0.3, -0.25) is 4.79 Å². The fraction of sp³-hybridized carbons (Fsp3) is 0.667. The number of carbonyl (C=O) groups excluding carboxylic acids is 1. The third kappa shape index (κ3) is 3.39. The Morgan fingerprint density at radius 2 is 1.94 bits per heavy atom. The SMILES string of the molecule is CCC(C)(C)C(=O)Nc1nnc(C(F)(F)F)s1. The summed E-state index contributed by atoms with van der Waals surface area (Å²) in [4.78, 5) is 11.7. The van der Waals surface area contributed by atoms with E-state index in [9.17, 15) is 18.0 Å². The minimum Gasteiger partial charge on any atom is -0.300 e. The summed E-state index contributed by atoms with van der Waals surface area (Å²) in [6.45, 7) is 5.23. The van der Waals surface area contributed by atoms with Crippen molar-refractivity contribution in [2.75, 3.05) is 5.32 Å². The Hall–Kier alpha value is -1.18. The molecule has 0 saturated carbocycles. The maximum absolute atomic E-state index is 12.2. The number of nitrogens with one attached hydrogen (secondary N) is 1. The van der Waals surface area contributed by atoms with Crippen molar-refractivity contribution in [2.45, 2.75) is 33.4 Å². The summed E-state index contributed by atoms with van der Waals surface area (Å²) in [5.41, 5.74) is -0.649. The molecule has 0 atom stereocenters. The van der Waals surface area contributed by atoms with E-state index in [2.05, 4.69) is 15.5 Å². The molecule has 1 amide bonds. The van der Waals surface area contributed by atoms with Gasteiger partial charge in [0.05, 0.1) is 0 Å². The van der Waals surface area contributed by atoms with E-state index in [0.29, 0.717) is 17.8 Å². The number of halogens is 3. The lowest BCUT2D eigenvalue weighted by Gasteiger charge is -2.20. The van der Waals surface area contributed by atoms with Crippen molar-refractivity contribution in [3.05, 3.63) is 5.01 Å². The Morgan fingerprint density at radius 1 is 1.35 bits per heavy atom. The van der Waals surface area contributed by atoms with Crippen molar-refractivity contribution in [1.29, 1.82) is 0 Å². The zero-order chi connectivity index (χ0) is 13.3. The van der Waals surface area contributed by atoms with Gasteiger partial charge in [-0.05, 0) is 6.42 Å². The first-order valence-corrected chi connectivity index (χ1v) is 5.70. The number of aromatic nitrogens is 2. The summed E-state index contributed by atoms with van der Waals surface area (Å²) in [5, 5.41) is 7.39. The van der Waals surface area contributed by atoms with Crippen LogP contribution < -0.4 is 5.32 Å². The van der Waals surface area contributed by atoms with Crippen molar-refractivity contribution < 1.29 is 18.0 Å². The molecule has 0 radical (unpaired) electrons. The highest BCUT2D eigenvalue weighted by atomic mass is 32.1. The molecule has 0 aliphatic heterocycles. The summed E-state index contributed by atoms with van der Waals surface area (Å²) in [6.07, 6.45) is -3.95. The van der Waals surface area contributed by atoms with Gasteiger partial charge in [0.25, 0.3) is 0 Å². The van der Waals surface area contributed by atoms with Gasteiger partial charge in [0.2, 0.25) is 16.0 Å². The van der Waals surface area contributed by atoms with E-state index < -0.39 is 16.6 Å². The van der Waals surface area contributed by atoms with Crippen molar-refractivity contribution in [3.8, 4) is 0 Å². The highest BCUT2D eigenvalue weighted by molar-refractivity contribution is 7.15. The summed E-state index contributed by atoms with van der Waals surface area (Å²) in [5.74, 6) is -0.370. The van der Waals surface area contributed by atoms with Crippen LogP contribution in [0.4, 0.5) is 18.3 Å². The topological polar surface area (TPSA) is 54.9 Å². The summed E-state index contributed by atoms with van der Waals surface area (Å²) < 4.78 is 36.7. The standard InChI is InChI=1S/C9H12F3N3OS/c1-4-8(2,3)5(16)13-7-15-14-6(17-7)9(10,11)12/h4H2,1-3H3,(H,13,15,16). The fourth-order valence-corrected chi connectivity index (χ4v) is 1.42. The van der Waals surface area contributed by atoms with Gasteiger partial charge in [-0.2, -0.15) is 13.2 Å². The Balaban J connectivity index is 2.77. The molecule has 17 heavy (non-hydrogen) atoms. The molecule has 1 rings (SSSR count). The smallest absolute Gasteiger partial charge is 0.300 e. The molecule has 0 bridgehead atoms. The molecule has 4 nitrogen and oxygen atoms in total. The minimum absolute atomic E-state index is 0.135. The number of hydrogen-bond donors (Lipinski definition) is 1. The first-order chi connectivity index (χ1) is 7.66. The van der Waals surface area contributed by atoms with E-state index in [1.807, 2.05) is 6.92 Å². The normalized spacial score (nSPS) is 12.6. The molecule has 0 spiro atoms. The Bertz CT molecular complexity index is 414. The van der Waals surface area contributed by atoms with Gasteiger partial charge in [-0.15, -0.1) is 10.2 Å². The van der Waals surface area contributed by atoms with Gasteiger partial charge in [0, 0.05) is 5.41 Å². The van der Waals surface area contributed by atoms with Crippen LogP contribution in [-0.2, 0) is 11.0 Å². The van der Waals surface area contributed by atoms with Crippen LogP contribution in [0.1, 0.15) is 32.2 Å². The van der Waals surface area contributed by atoms with E-state index in [1.165, 1.54) is 0 Å². The van der Waals surface area contributed by atoms with Crippen molar-refractivity contribution in [1.82, 2.24) is 10.2 Å². The summed E-state index contributed by atoms with van der Waals surface area (Å²) >= 11 is 0.316. The van der Waals surface area contributed by atoms with Crippen LogP contribution >= 0.6 is 11.3 Å². The Morgan fingerprint density at radius 3 is 2.35 bits per heavy atom. The molecular formula is C9H12F3N3OS. The summed E-state index contributed by atoms with van der Waals surface area (Å²) in [7, 11) is 0. The zero-order valence-corrected chi connectivity index (χ0v) is 10.4. The molecule has 0 fully saturated rings. The van der Waals surface area contributed by atoms with Gasteiger partial charge < -0.3 is 5.32 Å². The second kappa shape index (κ2) is 4.59. The Kier molecular flexibility index (Phi) is 3.75. The molecular weight excluding hydrogens is 255 g/mol. The van der Waals surface area contributed by atoms with Crippen LogP contribution in [0, 0.1) is 5.41 Å². The van der Waals surface area contributed by atoms with Gasteiger partial charge in [0.1, 0.15) is 0 Å². The van der Waals surface area contributed by atoms with Crippen molar-refractivity contribution >= 4 is 22.4 Å². The highest BCUT2D eigenvalue weighted by Gasteiger charge is 2.36. The lowest BCUT2D eigenvalue weighted by atomic mass is 9.89. The molecule has 8 heteroatoms. The predicted molar refractivity (Wildman–Crippen MR) is 57.6 cm³/mol. The van der Waals surface area contributed by atoms with Crippen molar-refractivity contribution in [3.63, 3.8) is 0 Å². The monoisotopic (exact) mass is 267 g/mol. The second-order valence-corrected chi connectivity index (χ2v) is 5.08. The first-order valence-electron chi connectivity index (χ1n) is 4.89. The maximum atomic E-state index is 12.2. The number of hydrogen-bond acceptors (Lipinski definition) is 4. The van der Waals surface area contributed by atoms with Gasteiger partial charge in [-0.25, -0.2) is 0 Å². The van der Waals surface area contributed by atoms with Gasteiger partial charge in [-0.1, -0.05) is 32.1 Å². The molecule has 1 aromatic heterocycles.